The molecule has 0 aromatic carbocycles. The molecule has 0 fully saturated rings. The van der Waals surface area contributed by atoms with Crippen LogP contribution < -0.4 is 0 Å². The Kier molecular flexibility index (Phi) is 4.74. The average molecular weight is 216 g/mol. The van der Waals surface area contributed by atoms with E-state index in [2.05, 4.69) is 4.98 Å². The van der Waals surface area contributed by atoms with E-state index in [9.17, 15) is 4.79 Å². The Hall–Kier alpha value is -2.15. The number of rotatable bonds is 4. The second-order valence-electron chi connectivity index (χ2n) is 2.96. The van der Waals surface area contributed by atoms with Crippen LogP contribution in [-0.4, -0.2) is 17.6 Å². The minimum atomic E-state index is -0.284. The highest BCUT2D eigenvalue weighted by Crippen LogP contribution is 2.06. The number of nitriles is 1. The summed E-state index contributed by atoms with van der Waals surface area (Å²) in [6.45, 7) is 2.13. The molecule has 0 aliphatic heterocycles. The molecule has 4 heteroatoms. The Morgan fingerprint density at radius 1 is 1.69 bits per heavy atom. The van der Waals surface area contributed by atoms with E-state index in [1.165, 1.54) is 0 Å². The third kappa shape index (κ3) is 3.54. The van der Waals surface area contributed by atoms with E-state index < -0.39 is 0 Å². The van der Waals surface area contributed by atoms with Crippen LogP contribution in [0.1, 0.15) is 24.6 Å². The summed E-state index contributed by atoms with van der Waals surface area (Å²) in [6, 6.07) is 5.40. The Labute approximate surface area is 94.2 Å². The number of hydrogen-bond acceptors (Lipinski definition) is 4. The number of carbonyl (C=O) groups excluding carboxylic acids is 1. The largest absolute Gasteiger partial charge is 0.466 e. The zero-order valence-electron chi connectivity index (χ0n) is 9.01. The standard InChI is InChI=1S/C12H12N2O2/c1-2-16-12(15)7-3-6-11-10(9-13)5-4-8-14-11/h3-6,8H,2,7H2,1H3. The quantitative estimate of drug-likeness (QED) is 0.721. The van der Waals surface area contributed by atoms with Crippen molar-refractivity contribution in [1.82, 2.24) is 4.98 Å². The zero-order chi connectivity index (χ0) is 11.8. The molecule has 1 aromatic rings. The van der Waals surface area contributed by atoms with Crippen molar-refractivity contribution in [3.05, 3.63) is 35.7 Å². The van der Waals surface area contributed by atoms with E-state index in [4.69, 9.17) is 10.00 Å². The van der Waals surface area contributed by atoms with E-state index in [-0.39, 0.29) is 12.4 Å². The van der Waals surface area contributed by atoms with Crippen LogP contribution in [0.4, 0.5) is 0 Å². The molecule has 1 aromatic heterocycles. The molecule has 4 nitrogen and oxygen atoms in total. The summed E-state index contributed by atoms with van der Waals surface area (Å²) >= 11 is 0. The molecular weight excluding hydrogens is 204 g/mol. The molecule has 0 N–H and O–H groups in total. The van der Waals surface area contributed by atoms with Gasteiger partial charge in [0.15, 0.2) is 0 Å². The van der Waals surface area contributed by atoms with Gasteiger partial charge in [0.25, 0.3) is 0 Å². The minimum Gasteiger partial charge on any atom is -0.466 e. The SMILES string of the molecule is CCOC(=O)CC=Cc1ncccc1C#N. The van der Waals surface area contributed by atoms with Gasteiger partial charge in [-0.1, -0.05) is 6.08 Å². The predicted octanol–water partition coefficient (Wildman–Crippen LogP) is 1.92. The molecule has 0 saturated heterocycles. The Balaban J connectivity index is 2.63. The average Bonchev–Trinajstić information content (AvgIpc) is 2.30. The van der Waals surface area contributed by atoms with Crippen molar-refractivity contribution >= 4 is 12.0 Å². The molecular formula is C12H12N2O2. The summed E-state index contributed by atoms with van der Waals surface area (Å²) in [5.41, 5.74) is 1.05. The van der Waals surface area contributed by atoms with Crippen LogP contribution in [0.25, 0.3) is 6.08 Å². The maximum Gasteiger partial charge on any atom is 0.309 e. The minimum absolute atomic E-state index is 0.190. The van der Waals surface area contributed by atoms with Crippen molar-refractivity contribution in [1.29, 1.82) is 5.26 Å². The molecule has 16 heavy (non-hydrogen) atoms. The van der Waals surface area contributed by atoms with Gasteiger partial charge in [0, 0.05) is 6.20 Å². The molecule has 1 rings (SSSR count). The van der Waals surface area contributed by atoms with Crippen molar-refractivity contribution in [2.24, 2.45) is 0 Å². The van der Waals surface area contributed by atoms with Crippen LogP contribution in [0.3, 0.4) is 0 Å². The lowest BCUT2D eigenvalue weighted by atomic mass is 10.2. The molecule has 0 aliphatic carbocycles. The van der Waals surface area contributed by atoms with Crippen LogP contribution in [0.2, 0.25) is 0 Å². The molecule has 0 unspecified atom stereocenters. The maximum atomic E-state index is 11.0. The highest BCUT2D eigenvalue weighted by atomic mass is 16.5. The summed E-state index contributed by atoms with van der Waals surface area (Å²) in [4.78, 5) is 15.1. The van der Waals surface area contributed by atoms with Gasteiger partial charge >= 0.3 is 5.97 Å². The van der Waals surface area contributed by atoms with Crippen molar-refractivity contribution in [3.63, 3.8) is 0 Å². The Bertz CT molecular complexity index is 433. The second kappa shape index (κ2) is 6.36. The van der Waals surface area contributed by atoms with E-state index in [1.54, 1.807) is 37.4 Å². The van der Waals surface area contributed by atoms with Crippen LogP contribution in [-0.2, 0) is 9.53 Å². The van der Waals surface area contributed by atoms with Gasteiger partial charge in [-0.25, -0.2) is 0 Å². The normalized spacial score (nSPS) is 10.0. The molecule has 0 aliphatic rings. The monoisotopic (exact) mass is 216 g/mol. The number of hydrogen-bond donors (Lipinski definition) is 0. The molecule has 0 saturated carbocycles. The zero-order valence-corrected chi connectivity index (χ0v) is 9.01. The van der Waals surface area contributed by atoms with Crippen molar-refractivity contribution in [3.8, 4) is 6.07 Å². The third-order valence-corrected chi connectivity index (χ3v) is 1.82. The number of ether oxygens (including phenoxy) is 1. The third-order valence-electron chi connectivity index (χ3n) is 1.82. The van der Waals surface area contributed by atoms with Crippen LogP contribution in [0, 0.1) is 11.3 Å². The van der Waals surface area contributed by atoms with Gasteiger partial charge in [-0.05, 0) is 25.1 Å². The van der Waals surface area contributed by atoms with Gasteiger partial charge < -0.3 is 4.74 Å². The highest BCUT2D eigenvalue weighted by molar-refractivity contribution is 5.72. The first-order valence-corrected chi connectivity index (χ1v) is 4.95. The molecule has 0 radical (unpaired) electrons. The summed E-state index contributed by atoms with van der Waals surface area (Å²) < 4.78 is 4.76. The smallest absolute Gasteiger partial charge is 0.309 e. The summed E-state index contributed by atoms with van der Waals surface area (Å²) in [5.74, 6) is -0.284. The molecule has 0 spiro atoms. The number of aromatic nitrogens is 1. The first kappa shape index (κ1) is 11.9. The number of nitrogens with zero attached hydrogens (tertiary/aromatic N) is 2. The van der Waals surface area contributed by atoms with E-state index in [0.717, 1.165) is 0 Å². The molecule has 1 heterocycles. The molecule has 0 atom stereocenters. The van der Waals surface area contributed by atoms with Crippen LogP contribution >= 0.6 is 0 Å². The lowest BCUT2D eigenvalue weighted by Crippen LogP contribution is -2.01. The second-order valence-corrected chi connectivity index (χ2v) is 2.96. The van der Waals surface area contributed by atoms with E-state index in [0.29, 0.717) is 17.9 Å². The van der Waals surface area contributed by atoms with Crippen LogP contribution in [0.15, 0.2) is 24.4 Å². The van der Waals surface area contributed by atoms with Crippen molar-refractivity contribution in [2.45, 2.75) is 13.3 Å². The predicted molar refractivity (Wildman–Crippen MR) is 59.2 cm³/mol. The summed E-state index contributed by atoms with van der Waals surface area (Å²) in [5, 5.41) is 8.80. The summed E-state index contributed by atoms with van der Waals surface area (Å²) in [7, 11) is 0. The van der Waals surface area contributed by atoms with Crippen LogP contribution in [0.5, 0.6) is 0 Å². The first-order valence-electron chi connectivity index (χ1n) is 4.95. The van der Waals surface area contributed by atoms with Gasteiger partial charge in [-0.3, -0.25) is 9.78 Å². The number of pyridine rings is 1. The number of carbonyl (C=O) groups is 1. The maximum absolute atomic E-state index is 11.0. The molecule has 82 valence electrons. The van der Waals surface area contributed by atoms with E-state index in [1.807, 2.05) is 6.07 Å². The van der Waals surface area contributed by atoms with Gasteiger partial charge in [-0.2, -0.15) is 5.26 Å². The van der Waals surface area contributed by atoms with Gasteiger partial charge in [0.05, 0.1) is 24.3 Å². The van der Waals surface area contributed by atoms with Gasteiger partial charge in [-0.15, -0.1) is 0 Å². The number of esters is 1. The summed E-state index contributed by atoms with van der Waals surface area (Å²) in [6.07, 6.45) is 5.08. The van der Waals surface area contributed by atoms with Crippen molar-refractivity contribution in [2.75, 3.05) is 6.61 Å². The fourth-order valence-electron chi connectivity index (χ4n) is 1.13. The molecule has 0 amide bonds. The lowest BCUT2D eigenvalue weighted by molar-refractivity contribution is -0.142. The van der Waals surface area contributed by atoms with Gasteiger partial charge in [0.2, 0.25) is 0 Å². The van der Waals surface area contributed by atoms with E-state index >= 15 is 0 Å². The first-order chi connectivity index (χ1) is 7.77. The Morgan fingerprint density at radius 2 is 2.50 bits per heavy atom. The fraction of sp³-hybridized carbons (Fsp3) is 0.250. The topological polar surface area (TPSA) is 63.0 Å². The molecule has 0 bridgehead atoms. The Morgan fingerprint density at radius 3 is 3.19 bits per heavy atom. The van der Waals surface area contributed by atoms with Crippen molar-refractivity contribution < 1.29 is 9.53 Å². The van der Waals surface area contributed by atoms with Gasteiger partial charge in [0.1, 0.15) is 6.07 Å². The lowest BCUT2D eigenvalue weighted by Gasteiger charge is -1.97. The highest BCUT2D eigenvalue weighted by Gasteiger charge is 1.99. The fourth-order valence-corrected chi connectivity index (χ4v) is 1.13.